The van der Waals surface area contributed by atoms with Gasteiger partial charge in [-0.2, -0.15) is 0 Å². The van der Waals surface area contributed by atoms with Gasteiger partial charge in [-0.25, -0.2) is 0 Å². The van der Waals surface area contributed by atoms with Gasteiger partial charge in [0.1, 0.15) is 0 Å². The second kappa shape index (κ2) is 2.57. The van der Waals surface area contributed by atoms with E-state index in [-0.39, 0.29) is 9.52 Å². The van der Waals surface area contributed by atoms with Crippen molar-refractivity contribution in [1.29, 1.82) is 0 Å². The van der Waals surface area contributed by atoms with Gasteiger partial charge in [0.05, 0.1) is 9.52 Å². The van der Waals surface area contributed by atoms with E-state index in [1.54, 1.807) is 5.19 Å². The molecule has 0 fully saturated rings. The molecule has 2 aromatic carbocycles. The lowest BCUT2D eigenvalue weighted by Crippen LogP contribution is -2.20. The van der Waals surface area contributed by atoms with Crippen molar-refractivity contribution >= 4 is 19.9 Å². The smallest absolute Gasteiger partial charge is 0.0620 e. The second-order valence-electron chi connectivity index (χ2n) is 3.34. The topological polar surface area (TPSA) is 0 Å². The van der Waals surface area contributed by atoms with E-state index in [0.29, 0.717) is 0 Å². The molecule has 0 aromatic heterocycles. The number of hydrogen-bond acceptors (Lipinski definition) is 0. The van der Waals surface area contributed by atoms with Gasteiger partial charge in [0, 0.05) is 0 Å². The predicted molar refractivity (Wildman–Crippen MR) is 57.4 cm³/mol. The van der Waals surface area contributed by atoms with E-state index < -0.39 is 0 Å². The third-order valence-corrected chi connectivity index (χ3v) is 4.54. The summed E-state index contributed by atoms with van der Waals surface area (Å²) in [4.78, 5) is 0. The normalized spacial score (nSPS) is 12.3. The molecule has 1 heterocycles. The molecule has 0 atom stereocenters. The fourth-order valence-electron chi connectivity index (χ4n) is 1.95. The lowest BCUT2D eigenvalue weighted by atomic mass is 10.1. The van der Waals surface area contributed by atoms with Gasteiger partial charge in [-0.05, 0) is 29.3 Å². The van der Waals surface area contributed by atoms with Crippen molar-refractivity contribution in [3.05, 3.63) is 48.5 Å². The van der Waals surface area contributed by atoms with Crippen molar-refractivity contribution in [3.63, 3.8) is 0 Å². The average Bonchev–Trinajstić information content (AvgIpc) is 2.56. The third kappa shape index (κ3) is 0.973. The molecule has 0 saturated carbocycles. The van der Waals surface area contributed by atoms with Gasteiger partial charge in [0.2, 0.25) is 0 Å². The fourth-order valence-corrected chi connectivity index (χ4v) is 3.79. The third-order valence-electron chi connectivity index (χ3n) is 2.58. The zero-order chi connectivity index (χ0) is 8.67. The minimum absolute atomic E-state index is 0.211. The van der Waals surface area contributed by atoms with Gasteiger partial charge < -0.3 is 0 Å². The first kappa shape index (κ1) is 7.10. The molecule has 2 aromatic rings. The Bertz CT molecular complexity index is 417. The maximum Gasteiger partial charge on any atom is 0.0891 e. The van der Waals surface area contributed by atoms with Gasteiger partial charge in [-0.3, -0.25) is 0 Å². The molecule has 0 unspecified atom stereocenters. The van der Waals surface area contributed by atoms with Crippen molar-refractivity contribution in [2.24, 2.45) is 0 Å². The first-order valence-corrected chi connectivity index (χ1v) is 5.85. The number of hydrogen-bond donors (Lipinski definition) is 0. The molecule has 0 saturated heterocycles. The van der Waals surface area contributed by atoms with Crippen LogP contribution in [0.5, 0.6) is 0 Å². The molecule has 0 nitrogen and oxygen atoms in total. The molecule has 0 N–H and O–H groups in total. The van der Waals surface area contributed by atoms with Crippen LogP contribution in [0.2, 0.25) is 0 Å². The van der Waals surface area contributed by atoms with Gasteiger partial charge >= 0.3 is 0 Å². The van der Waals surface area contributed by atoms with Crippen molar-refractivity contribution in [2.75, 3.05) is 0 Å². The Morgan fingerprint density at radius 2 is 1.69 bits per heavy atom. The Balaban J connectivity index is 2.32. The maximum atomic E-state index is 3.15. The quantitative estimate of drug-likeness (QED) is 0.439. The molecule has 60 valence electrons. The summed E-state index contributed by atoms with van der Waals surface area (Å²) in [6.45, 7) is 0. The van der Waals surface area contributed by atoms with Crippen LogP contribution in [0.1, 0.15) is 0 Å². The van der Waals surface area contributed by atoms with Crippen LogP contribution in [0.15, 0.2) is 36.4 Å². The monoisotopic (exact) mass is 180 g/mol. The van der Waals surface area contributed by atoms with Crippen LogP contribution in [-0.2, 0) is 0 Å². The lowest BCUT2D eigenvalue weighted by molar-refractivity contribution is 1.69. The first-order chi connectivity index (χ1) is 6.45. The Labute approximate surface area is 80.1 Å². The largest absolute Gasteiger partial charge is 0.0891 e. The standard InChI is InChI=1S/C12H8Si/c1-3-7-11-9(5-1)10-6-2-4-8-12(10)13-11/h1,4-8H,13H2. The van der Waals surface area contributed by atoms with Crippen LogP contribution in [0.3, 0.4) is 0 Å². The summed E-state index contributed by atoms with van der Waals surface area (Å²) in [6, 6.07) is 18.9. The molecule has 1 heteroatoms. The second-order valence-corrected chi connectivity index (χ2v) is 5.22. The summed E-state index contributed by atoms with van der Waals surface area (Å²) in [5.74, 6) is 0. The van der Waals surface area contributed by atoms with E-state index in [9.17, 15) is 0 Å². The molecular weight excluding hydrogens is 172 g/mol. The molecule has 3 rings (SSSR count). The zero-order valence-electron chi connectivity index (χ0n) is 7.17. The number of rotatable bonds is 0. The Morgan fingerprint density at radius 1 is 0.846 bits per heavy atom. The van der Waals surface area contributed by atoms with E-state index in [1.807, 2.05) is 12.1 Å². The van der Waals surface area contributed by atoms with E-state index >= 15 is 0 Å². The van der Waals surface area contributed by atoms with E-state index in [4.69, 9.17) is 0 Å². The van der Waals surface area contributed by atoms with Crippen molar-refractivity contribution in [2.45, 2.75) is 0 Å². The minimum Gasteiger partial charge on any atom is -0.0620 e. The molecular formula is C12H8Si. The van der Waals surface area contributed by atoms with Crippen LogP contribution in [0.4, 0.5) is 0 Å². The summed E-state index contributed by atoms with van der Waals surface area (Å²) in [6.07, 6.45) is 0. The van der Waals surface area contributed by atoms with Gasteiger partial charge in [-0.1, -0.05) is 40.7 Å². The molecule has 13 heavy (non-hydrogen) atoms. The van der Waals surface area contributed by atoms with Gasteiger partial charge in [0.15, 0.2) is 0 Å². The zero-order valence-corrected chi connectivity index (χ0v) is 8.59. The molecule has 0 spiro atoms. The van der Waals surface area contributed by atoms with Crippen LogP contribution < -0.4 is 10.4 Å². The molecule has 1 aliphatic rings. The van der Waals surface area contributed by atoms with E-state index in [1.165, 1.54) is 16.3 Å². The van der Waals surface area contributed by atoms with Crippen LogP contribution in [-0.4, -0.2) is 9.52 Å². The Hall–Kier alpha value is -1.34. The summed E-state index contributed by atoms with van der Waals surface area (Å²) >= 11 is 0. The Morgan fingerprint density at radius 3 is 2.69 bits per heavy atom. The van der Waals surface area contributed by atoms with Gasteiger partial charge in [0.25, 0.3) is 0 Å². The summed E-state index contributed by atoms with van der Waals surface area (Å²) in [5, 5.41) is 3.07. The fraction of sp³-hybridized carbons (Fsp3) is 0. The number of fused-ring (bicyclic) bond motifs is 3. The highest BCUT2D eigenvalue weighted by molar-refractivity contribution is 6.73. The predicted octanol–water partition coefficient (Wildman–Crippen LogP) is 0.387. The average molecular weight is 180 g/mol. The first-order valence-electron chi connectivity index (χ1n) is 4.43. The molecule has 2 radical (unpaired) electrons. The van der Waals surface area contributed by atoms with Crippen LogP contribution in [0.25, 0.3) is 11.1 Å². The van der Waals surface area contributed by atoms with E-state index in [2.05, 4.69) is 36.4 Å². The minimum atomic E-state index is -0.211. The Kier molecular flexibility index (Phi) is 1.40. The molecule has 0 bridgehead atoms. The van der Waals surface area contributed by atoms with Crippen molar-refractivity contribution < 1.29 is 0 Å². The lowest BCUT2D eigenvalue weighted by Gasteiger charge is -1.98. The molecule has 1 aliphatic heterocycles. The van der Waals surface area contributed by atoms with Crippen LogP contribution >= 0.6 is 0 Å². The maximum absolute atomic E-state index is 3.15. The highest BCUT2D eigenvalue weighted by atomic mass is 28.2. The summed E-state index contributed by atoms with van der Waals surface area (Å²) in [5.41, 5.74) is 2.82. The van der Waals surface area contributed by atoms with Crippen molar-refractivity contribution in [1.82, 2.24) is 0 Å². The highest BCUT2D eigenvalue weighted by Crippen LogP contribution is 2.18. The SMILES string of the molecule is [c]1ccc2c(c1)[SiH2]c1cc[c]cc1-2. The molecule has 0 amide bonds. The van der Waals surface area contributed by atoms with Gasteiger partial charge in [-0.15, -0.1) is 0 Å². The van der Waals surface area contributed by atoms with E-state index in [0.717, 1.165) is 0 Å². The number of benzene rings is 2. The molecule has 0 aliphatic carbocycles. The highest BCUT2D eigenvalue weighted by Gasteiger charge is 2.16. The van der Waals surface area contributed by atoms with Crippen molar-refractivity contribution in [3.8, 4) is 11.1 Å². The van der Waals surface area contributed by atoms with Crippen LogP contribution in [0, 0.1) is 12.1 Å². The summed E-state index contributed by atoms with van der Waals surface area (Å²) in [7, 11) is -0.211. The summed E-state index contributed by atoms with van der Waals surface area (Å²) < 4.78 is 0.